The van der Waals surface area contributed by atoms with Gasteiger partial charge in [0, 0.05) is 30.1 Å². The highest BCUT2D eigenvalue weighted by atomic mass is 16.7. The molecule has 4 aliphatic rings. The van der Waals surface area contributed by atoms with Crippen molar-refractivity contribution in [2.45, 2.75) is 115 Å². The minimum absolute atomic E-state index is 0.0201. The molecule has 3 fully saturated rings. The van der Waals surface area contributed by atoms with E-state index in [-0.39, 0.29) is 54.7 Å². The maximum Gasteiger partial charge on any atom is 0.261 e. The Labute approximate surface area is 330 Å². The number of imide groups is 1. The summed E-state index contributed by atoms with van der Waals surface area (Å²) in [5, 5.41) is 13.0. The van der Waals surface area contributed by atoms with Crippen molar-refractivity contribution in [3.8, 4) is 11.1 Å². The highest BCUT2D eigenvalue weighted by Crippen LogP contribution is 2.42. The number of aliphatic hydroxyl groups excluding tert-OH is 1. The Morgan fingerprint density at radius 2 is 1.46 bits per heavy atom. The van der Waals surface area contributed by atoms with Crippen LogP contribution in [0.3, 0.4) is 0 Å². The van der Waals surface area contributed by atoms with E-state index in [9.17, 15) is 19.5 Å². The third-order valence-corrected chi connectivity index (χ3v) is 12.0. The summed E-state index contributed by atoms with van der Waals surface area (Å²) >= 11 is 0. The molecule has 4 aromatic carbocycles. The molecule has 9 heteroatoms. The molecule has 2 N–H and O–H groups in total. The fourth-order valence-electron chi connectivity index (χ4n) is 9.24. The first-order valence-corrected chi connectivity index (χ1v) is 20.3. The molecule has 3 amide bonds. The number of likely N-dealkylation sites (tertiary alicyclic amines) is 1. The molecule has 2 saturated heterocycles. The first-order chi connectivity index (χ1) is 27.0. The van der Waals surface area contributed by atoms with E-state index in [1.54, 1.807) is 24.3 Å². The predicted octanol–water partition coefficient (Wildman–Crippen LogP) is 8.13. The van der Waals surface area contributed by atoms with Gasteiger partial charge in [0.25, 0.3) is 11.8 Å². The molecule has 0 bridgehead atoms. The number of hydrogen-bond donors (Lipinski definition) is 2. The van der Waals surface area contributed by atoms with Crippen molar-refractivity contribution < 1.29 is 29.0 Å². The summed E-state index contributed by atoms with van der Waals surface area (Å²) in [4.78, 5) is 43.7. The number of aliphatic hydroxyl groups is 1. The summed E-state index contributed by atoms with van der Waals surface area (Å²) in [6, 6.07) is 31.2. The average Bonchev–Trinajstić information content (AvgIpc) is 3.45. The molecule has 0 radical (unpaired) electrons. The Morgan fingerprint density at radius 3 is 2.16 bits per heavy atom. The Kier molecular flexibility index (Phi) is 11.0. The fraction of sp³-hybridized carbons (Fsp3) is 0.426. The molecule has 56 heavy (non-hydrogen) atoms. The van der Waals surface area contributed by atoms with Gasteiger partial charge in [0.05, 0.1) is 42.5 Å². The number of rotatable bonds is 9. The predicted molar refractivity (Wildman–Crippen MR) is 214 cm³/mol. The van der Waals surface area contributed by atoms with Gasteiger partial charge >= 0.3 is 0 Å². The van der Waals surface area contributed by atoms with E-state index in [1.807, 2.05) is 81.4 Å². The number of ether oxygens (including phenoxy) is 2. The number of amides is 3. The summed E-state index contributed by atoms with van der Waals surface area (Å²) in [5.41, 5.74) is 6.19. The summed E-state index contributed by atoms with van der Waals surface area (Å²) < 4.78 is 13.6. The zero-order chi connectivity index (χ0) is 39.0. The van der Waals surface area contributed by atoms with E-state index in [0.717, 1.165) is 52.6 Å². The van der Waals surface area contributed by atoms with E-state index in [0.29, 0.717) is 36.1 Å². The Balaban J connectivity index is 1.03. The first kappa shape index (κ1) is 38.2. The van der Waals surface area contributed by atoms with Crippen LogP contribution >= 0.6 is 0 Å². The molecule has 6 atom stereocenters. The van der Waals surface area contributed by atoms with Gasteiger partial charge in [-0.25, -0.2) is 0 Å². The monoisotopic (exact) mass is 755 g/mol. The molecule has 9 nitrogen and oxygen atoms in total. The third kappa shape index (κ3) is 8.09. The quantitative estimate of drug-likeness (QED) is 0.166. The van der Waals surface area contributed by atoms with Crippen molar-refractivity contribution in [2.24, 2.45) is 5.92 Å². The van der Waals surface area contributed by atoms with Gasteiger partial charge in [0.2, 0.25) is 5.91 Å². The van der Waals surface area contributed by atoms with E-state index in [4.69, 9.17) is 9.47 Å². The summed E-state index contributed by atoms with van der Waals surface area (Å²) in [5.74, 6) is 0.163. The van der Waals surface area contributed by atoms with Crippen molar-refractivity contribution in [3.63, 3.8) is 0 Å². The lowest BCUT2D eigenvalue weighted by Crippen LogP contribution is -2.61. The van der Waals surface area contributed by atoms with Crippen LogP contribution in [-0.4, -0.2) is 62.9 Å². The lowest BCUT2D eigenvalue weighted by Gasteiger charge is -2.50. The van der Waals surface area contributed by atoms with Gasteiger partial charge in [-0.05, 0) is 98.4 Å². The summed E-state index contributed by atoms with van der Waals surface area (Å²) in [6.07, 6.45) is 6.28. The minimum Gasteiger partial charge on any atom is -0.392 e. The topological polar surface area (TPSA) is 108 Å². The Hall–Kier alpha value is -4.67. The lowest BCUT2D eigenvalue weighted by atomic mass is 9.75. The number of nitrogens with zero attached hydrogens (tertiary/aromatic N) is 2. The second kappa shape index (κ2) is 16.1. The molecule has 0 unspecified atom stereocenters. The van der Waals surface area contributed by atoms with Crippen LogP contribution in [0.15, 0.2) is 97.1 Å². The normalized spacial score (nSPS) is 25.5. The largest absolute Gasteiger partial charge is 0.392 e. The van der Waals surface area contributed by atoms with Crippen molar-refractivity contribution in [1.29, 1.82) is 0 Å². The highest BCUT2D eigenvalue weighted by molar-refractivity contribution is 6.21. The summed E-state index contributed by atoms with van der Waals surface area (Å²) in [6.45, 7) is 6.95. The van der Waals surface area contributed by atoms with Gasteiger partial charge < -0.3 is 19.9 Å². The molecule has 8 rings (SSSR count). The van der Waals surface area contributed by atoms with Gasteiger partial charge in [-0.1, -0.05) is 91.7 Å². The van der Waals surface area contributed by atoms with Crippen LogP contribution in [0, 0.1) is 5.92 Å². The zero-order valence-electron chi connectivity index (χ0n) is 32.7. The molecule has 1 aliphatic carbocycles. The van der Waals surface area contributed by atoms with Gasteiger partial charge in [-0.2, -0.15) is 0 Å². The van der Waals surface area contributed by atoms with Crippen molar-refractivity contribution in [1.82, 2.24) is 15.1 Å². The maximum atomic E-state index is 13.8. The van der Waals surface area contributed by atoms with E-state index in [1.165, 1.54) is 24.2 Å². The molecule has 3 heterocycles. The van der Waals surface area contributed by atoms with Gasteiger partial charge in [0.1, 0.15) is 0 Å². The number of hydrogen-bond acceptors (Lipinski definition) is 7. The lowest BCUT2D eigenvalue weighted by molar-refractivity contribution is -0.255. The molecule has 292 valence electrons. The van der Waals surface area contributed by atoms with Crippen LogP contribution in [-0.2, 0) is 27.4 Å². The van der Waals surface area contributed by atoms with Crippen molar-refractivity contribution in [2.75, 3.05) is 6.54 Å². The number of carbonyl (C=O) groups is 3. The van der Waals surface area contributed by atoms with Gasteiger partial charge in [0.15, 0.2) is 6.29 Å². The molecule has 4 aromatic rings. The summed E-state index contributed by atoms with van der Waals surface area (Å²) in [7, 11) is 0. The van der Waals surface area contributed by atoms with E-state index < -0.39 is 6.29 Å². The fourth-order valence-corrected chi connectivity index (χ4v) is 9.24. The number of carbonyl (C=O) groups excluding carboxylic acids is 3. The van der Waals surface area contributed by atoms with Gasteiger partial charge in [-0.15, -0.1) is 0 Å². The highest BCUT2D eigenvalue weighted by Gasteiger charge is 2.44. The maximum absolute atomic E-state index is 13.8. The number of nitrogens with one attached hydrogen (secondary N) is 1. The Bertz CT molecular complexity index is 2020. The number of benzene rings is 4. The zero-order valence-corrected chi connectivity index (χ0v) is 32.7. The van der Waals surface area contributed by atoms with Gasteiger partial charge in [-0.3, -0.25) is 24.2 Å². The van der Waals surface area contributed by atoms with E-state index >= 15 is 0 Å². The molecule has 3 aliphatic heterocycles. The minimum atomic E-state index is -0.626. The molecular weight excluding hydrogens is 703 g/mol. The smallest absolute Gasteiger partial charge is 0.261 e. The van der Waals surface area contributed by atoms with E-state index in [2.05, 4.69) is 22.3 Å². The van der Waals surface area contributed by atoms with Crippen LogP contribution in [0.4, 0.5) is 0 Å². The van der Waals surface area contributed by atoms with Crippen molar-refractivity contribution in [3.05, 3.63) is 130 Å². The number of piperidine rings is 1. The molecular formula is C47H53N3O6. The standard InChI is InChI=1S/C47H53N3O6/c1-47(2,3)48-43(52)41-24-23-33-10-4-7-14-40(33)49(41)28-37-26-42(34-17-15-30(29-51)16-18-34)56-46(55-37)35-21-19-32(20-22-35)36-11-8-9-31(25-36)27-50-44(53)38-12-5-6-13-39(38)45(50)54/h5-6,8-9,11-13,15-22,25,33,37,40-42,46,51H,4,7,10,14,23-24,26-29H2,1-3H3,(H,48,52)/t33-,37+,40-,41-,42-,46-/m1/s1. The third-order valence-electron chi connectivity index (χ3n) is 12.0. The van der Waals surface area contributed by atoms with Crippen LogP contribution in [0.2, 0.25) is 0 Å². The Morgan fingerprint density at radius 1 is 0.768 bits per heavy atom. The van der Waals surface area contributed by atoms with Crippen LogP contribution in [0.1, 0.15) is 121 Å². The SMILES string of the molecule is CC(C)(C)NC(=O)[C@H]1CC[C@H]2CCCC[C@H]2N1C[C@@H]1C[C@H](c2ccc(CO)cc2)O[C@H](c2ccc(-c3cccc(CN4C(=O)c5ccccc5C4=O)c3)cc2)O1. The molecule has 0 aromatic heterocycles. The molecule has 1 saturated carbocycles. The second-order valence-corrected chi connectivity index (χ2v) is 17.1. The average molecular weight is 756 g/mol. The van der Waals surface area contributed by atoms with Crippen LogP contribution in [0.5, 0.6) is 0 Å². The first-order valence-electron chi connectivity index (χ1n) is 20.3. The van der Waals surface area contributed by atoms with Crippen LogP contribution < -0.4 is 5.32 Å². The van der Waals surface area contributed by atoms with Crippen molar-refractivity contribution >= 4 is 17.7 Å². The molecule has 0 spiro atoms. The number of fused-ring (bicyclic) bond motifs is 2. The van der Waals surface area contributed by atoms with Crippen LogP contribution in [0.25, 0.3) is 11.1 Å². The second-order valence-electron chi connectivity index (χ2n) is 17.1.